The number of rotatable bonds is 5. The van der Waals surface area contributed by atoms with Gasteiger partial charge in [0.25, 0.3) is 11.8 Å². The SMILES string of the molecule is COc1ccc2c(c1)C(=O)N(C[C@@]1(c3cc4cc(-n5c(O)c[nH]c5=O)ccc4o3)NC(=O)NC1=O)C2. The number of imide groups is 1. The molecule has 12 heteroatoms. The smallest absolute Gasteiger partial charge is 0.333 e. The van der Waals surface area contributed by atoms with Crippen LogP contribution >= 0.6 is 0 Å². The molecule has 12 nitrogen and oxygen atoms in total. The first-order valence-corrected chi connectivity index (χ1v) is 10.9. The minimum atomic E-state index is -1.68. The highest BCUT2D eigenvalue weighted by Gasteiger charge is 2.53. The summed E-state index contributed by atoms with van der Waals surface area (Å²) in [4.78, 5) is 54.4. The Kier molecular flexibility index (Phi) is 4.48. The summed E-state index contributed by atoms with van der Waals surface area (Å²) in [5, 5.41) is 15.4. The Bertz CT molecular complexity index is 1650. The van der Waals surface area contributed by atoms with Crippen molar-refractivity contribution in [3.63, 3.8) is 0 Å². The number of aromatic nitrogens is 2. The molecule has 4 N–H and O–H groups in total. The maximum absolute atomic E-state index is 13.2. The van der Waals surface area contributed by atoms with Crippen molar-refractivity contribution in [2.24, 2.45) is 0 Å². The van der Waals surface area contributed by atoms with Crippen molar-refractivity contribution < 1.29 is 28.6 Å². The van der Waals surface area contributed by atoms with Gasteiger partial charge in [0.15, 0.2) is 5.54 Å². The Morgan fingerprint density at radius 2 is 1.94 bits per heavy atom. The molecular weight excluding hydrogens is 470 g/mol. The van der Waals surface area contributed by atoms with Gasteiger partial charge in [0.05, 0.1) is 25.5 Å². The maximum atomic E-state index is 13.2. The fourth-order valence-corrected chi connectivity index (χ4v) is 4.72. The minimum Gasteiger partial charge on any atom is -0.497 e. The van der Waals surface area contributed by atoms with Gasteiger partial charge in [-0.2, -0.15) is 0 Å². The Hall–Kier alpha value is -5.00. The molecule has 36 heavy (non-hydrogen) atoms. The molecule has 2 aromatic heterocycles. The fourth-order valence-electron chi connectivity index (χ4n) is 4.72. The summed E-state index contributed by atoms with van der Waals surface area (Å²) in [5.41, 5.74) is -0.229. The first kappa shape index (κ1) is 21.5. The molecule has 4 amide bonds. The van der Waals surface area contributed by atoms with E-state index in [1.54, 1.807) is 42.5 Å². The zero-order valence-electron chi connectivity index (χ0n) is 18.8. The van der Waals surface area contributed by atoms with Crippen LogP contribution in [0, 0.1) is 0 Å². The van der Waals surface area contributed by atoms with E-state index in [9.17, 15) is 24.3 Å². The van der Waals surface area contributed by atoms with Gasteiger partial charge in [0, 0.05) is 17.5 Å². The molecule has 0 unspecified atom stereocenters. The van der Waals surface area contributed by atoms with Gasteiger partial charge in [-0.1, -0.05) is 6.07 Å². The van der Waals surface area contributed by atoms with Gasteiger partial charge in [-0.15, -0.1) is 0 Å². The van der Waals surface area contributed by atoms with Gasteiger partial charge in [0.2, 0.25) is 5.88 Å². The second-order valence-electron chi connectivity index (χ2n) is 8.62. The zero-order chi connectivity index (χ0) is 25.2. The summed E-state index contributed by atoms with van der Waals surface area (Å²) in [7, 11) is 1.51. The third kappa shape index (κ3) is 3.07. The summed E-state index contributed by atoms with van der Waals surface area (Å²) in [6, 6.07) is 10.8. The summed E-state index contributed by atoms with van der Waals surface area (Å²) < 4.78 is 12.3. The van der Waals surface area contributed by atoms with Crippen molar-refractivity contribution in [1.82, 2.24) is 25.1 Å². The Morgan fingerprint density at radius 3 is 2.64 bits per heavy atom. The lowest BCUT2D eigenvalue weighted by atomic mass is 9.95. The zero-order valence-corrected chi connectivity index (χ0v) is 18.8. The molecule has 4 heterocycles. The number of H-pyrrole nitrogens is 1. The highest BCUT2D eigenvalue weighted by molar-refractivity contribution is 6.08. The van der Waals surface area contributed by atoms with Crippen LogP contribution in [0.15, 0.2) is 57.9 Å². The largest absolute Gasteiger partial charge is 0.497 e. The lowest BCUT2D eigenvalue weighted by molar-refractivity contribution is -0.125. The number of ether oxygens (including phenoxy) is 1. The molecule has 6 rings (SSSR count). The number of imidazole rings is 1. The van der Waals surface area contributed by atoms with Gasteiger partial charge >= 0.3 is 11.7 Å². The summed E-state index contributed by atoms with van der Waals surface area (Å²) in [6.45, 7) is 0.0637. The van der Waals surface area contributed by atoms with E-state index in [0.717, 1.165) is 10.1 Å². The second-order valence-corrected chi connectivity index (χ2v) is 8.62. The van der Waals surface area contributed by atoms with Crippen LogP contribution in [0.2, 0.25) is 0 Å². The molecule has 2 aliphatic rings. The number of carbonyl (C=O) groups excluding carboxylic acids is 3. The quantitative estimate of drug-likeness (QED) is 0.308. The molecule has 1 fully saturated rings. The van der Waals surface area contributed by atoms with Crippen LogP contribution in [0.25, 0.3) is 16.7 Å². The van der Waals surface area contributed by atoms with Crippen LogP contribution in [0.1, 0.15) is 21.7 Å². The van der Waals surface area contributed by atoms with Gasteiger partial charge < -0.3 is 29.5 Å². The van der Waals surface area contributed by atoms with Gasteiger partial charge in [0.1, 0.15) is 17.1 Å². The van der Waals surface area contributed by atoms with Crippen LogP contribution in [-0.4, -0.2) is 51.1 Å². The average molecular weight is 489 g/mol. The van der Waals surface area contributed by atoms with Crippen LogP contribution in [0.5, 0.6) is 11.6 Å². The molecule has 0 bridgehead atoms. The maximum Gasteiger partial charge on any atom is 0.333 e. The Labute approximate surface area is 202 Å². The molecule has 2 aromatic carbocycles. The second kappa shape index (κ2) is 7.50. The van der Waals surface area contributed by atoms with E-state index in [4.69, 9.17) is 9.15 Å². The lowest BCUT2D eigenvalue weighted by Crippen LogP contribution is -2.52. The molecule has 4 aromatic rings. The van der Waals surface area contributed by atoms with E-state index in [0.29, 0.717) is 28.0 Å². The first-order valence-electron chi connectivity index (χ1n) is 10.9. The minimum absolute atomic E-state index is 0.116. The molecule has 1 atom stereocenters. The van der Waals surface area contributed by atoms with Crippen molar-refractivity contribution in [2.75, 3.05) is 13.7 Å². The molecule has 0 saturated carbocycles. The number of fused-ring (bicyclic) bond motifs is 2. The monoisotopic (exact) mass is 489 g/mol. The summed E-state index contributed by atoms with van der Waals surface area (Å²) in [6.07, 6.45) is 1.17. The number of aromatic amines is 1. The molecule has 0 aliphatic carbocycles. The lowest BCUT2D eigenvalue weighted by Gasteiger charge is -2.29. The Morgan fingerprint density at radius 1 is 1.11 bits per heavy atom. The topological polar surface area (TPSA) is 159 Å². The number of furan rings is 1. The van der Waals surface area contributed by atoms with Crippen molar-refractivity contribution in [3.8, 4) is 17.3 Å². The van der Waals surface area contributed by atoms with Crippen molar-refractivity contribution in [2.45, 2.75) is 12.1 Å². The molecule has 0 radical (unpaired) electrons. The third-order valence-corrected chi connectivity index (χ3v) is 6.50. The first-order chi connectivity index (χ1) is 17.3. The Balaban J connectivity index is 1.40. The molecule has 2 aliphatic heterocycles. The highest BCUT2D eigenvalue weighted by atomic mass is 16.5. The van der Waals surface area contributed by atoms with E-state index < -0.39 is 23.2 Å². The summed E-state index contributed by atoms with van der Waals surface area (Å²) in [5.74, 6) is -0.590. The number of benzene rings is 2. The van der Waals surface area contributed by atoms with E-state index in [1.165, 1.54) is 18.2 Å². The fraction of sp³-hybridized carbons (Fsp3) is 0.167. The molecular formula is C24H19N5O7. The third-order valence-electron chi connectivity index (χ3n) is 6.50. The van der Waals surface area contributed by atoms with Crippen LogP contribution in [-0.2, 0) is 16.9 Å². The number of urea groups is 1. The molecule has 182 valence electrons. The van der Waals surface area contributed by atoms with Crippen LogP contribution in [0.3, 0.4) is 0 Å². The van der Waals surface area contributed by atoms with Gasteiger partial charge in [-0.25, -0.2) is 14.2 Å². The van der Waals surface area contributed by atoms with Crippen LogP contribution in [0.4, 0.5) is 4.79 Å². The average Bonchev–Trinajstić information content (AvgIpc) is 3.59. The summed E-state index contributed by atoms with van der Waals surface area (Å²) >= 11 is 0. The van der Waals surface area contributed by atoms with E-state index in [-0.39, 0.29) is 30.6 Å². The molecule has 0 spiro atoms. The van der Waals surface area contributed by atoms with E-state index >= 15 is 0 Å². The van der Waals surface area contributed by atoms with Crippen molar-refractivity contribution in [1.29, 1.82) is 0 Å². The standard InChI is InChI=1S/C24H19N5O7/c1-35-15-4-2-12-10-28(20(31)16(12)8-15)11-24(21(32)26-22(33)27-24)18-7-13-6-14(3-5-17(13)36-18)29-19(30)9-25-23(29)34/h2-9,30H,10-11H2,1H3,(H,25,34)(H2,26,27,32,33)/t24-/m0/s1. The number of nitrogens with zero attached hydrogens (tertiary/aromatic N) is 2. The van der Waals surface area contributed by atoms with E-state index in [2.05, 4.69) is 15.6 Å². The number of methoxy groups -OCH3 is 1. The van der Waals surface area contributed by atoms with Crippen molar-refractivity contribution >= 4 is 28.8 Å². The van der Waals surface area contributed by atoms with E-state index in [1.807, 2.05) is 0 Å². The number of nitrogens with one attached hydrogen (secondary N) is 3. The number of hydrogen-bond donors (Lipinski definition) is 4. The highest BCUT2D eigenvalue weighted by Crippen LogP contribution is 2.35. The molecule has 1 saturated heterocycles. The van der Waals surface area contributed by atoms with Gasteiger partial charge in [-0.05, 0) is 42.0 Å². The van der Waals surface area contributed by atoms with Crippen LogP contribution < -0.4 is 21.1 Å². The van der Waals surface area contributed by atoms with Crippen molar-refractivity contribution in [3.05, 3.63) is 76.0 Å². The number of aromatic hydroxyl groups is 1. The number of hydrogen-bond acceptors (Lipinski definition) is 7. The normalized spacial score (nSPS) is 19.0. The number of carbonyl (C=O) groups is 3. The predicted molar refractivity (Wildman–Crippen MR) is 124 cm³/mol. The number of amides is 4. The van der Waals surface area contributed by atoms with Gasteiger partial charge in [-0.3, -0.25) is 14.9 Å². The predicted octanol–water partition coefficient (Wildman–Crippen LogP) is 1.32.